The van der Waals surface area contributed by atoms with Gasteiger partial charge in [0, 0.05) is 0 Å². The van der Waals surface area contributed by atoms with E-state index in [1.165, 1.54) is 226 Å². The Morgan fingerprint density at radius 1 is 0.0909 bits per heavy atom. The zero-order valence-electron chi connectivity index (χ0n) is 47.6. The van der Waals surface area contributed by atoms with Crippen molar-refractivity contribution in [1.82, 2.24) is 0 Å². The molecule has 0 aliphatic heterocycles. The van der Waals surface area contributed by atoms with Crippen molar-refractivity contribution >= 4 is 226 Å². The Kier molecular flexibility index (Phi) is 8.50. The number of hydrogen-bond donors (Lipinski definition) is 0. The number of rotatable bonds is 0. The molecule has 0 atom stereocenters. The summed E-state index contributed by atoms with van der Waals surface area (Å²) in [7, 11) is 0. The second-order valence-corrected chi connectivity index (χ2v) is 25.0. The van der Waals surface area contributed by atoms with E-state index in [4.69, 9.17) is 0 Å². The van der Waals surface area contributed by atoms with Gasteiger partial charge < -0.3 is 0 Å². The van der Waals surface area contributed by atoms with Gasteiger partial charge in [-0.1, -0.05) is 255 Å². The van der Waals surface area contributed by atoms with E-state index in [-0.39, 0.29) is 0 Å². The molecule has 0 aliphatic carbocycles. The van der Waals surface area contributed by atoms with E-state index in [1.807, 2.05) is 0 Å². The second kappa shape index (κ2) is 16.3. The van der Waals surface area contributed by atoms with E-state index in [0.717, 1.165) is 0 Å². The van der Waals surface area contributed by atoms with Gasteiger partial charge in [0.15, 0.2) is 0 Å². The second-order valence-electron chi connectivity index (χ2n) is 25.0. The van der Waals surface area contributed by atoms with Crippen molar-refractivity contribution in [3.05, 3.63) is 279 Å². The van der Waals surface area contributed by atoms with Crippen LogP contribution in [0, 0.1) is 0 Å². The average molecular weight is 1100 g/mol. The lowest BCUT2D eigenvalue weighted by Crippen LogP contribution is -1.82. The molecule has 0 bridgehead atoms. The van der Waals surface area contributed by atoms with Crippen LogP contribution in [-0.2, 0) is 0 Å². The van der Waals surface area contributed by atoms with E-state index in [0.29, 0.717) is 0 Å². The lowest BCUT2D eigenvalue weighted by molar-refractivity contribution is 1.81. The van der Waals surface area contributed by atoms with Crippen LogP contribution in [0.4, 0.5) is 0 Å². The predicted octanol–water partition coefficient (Wildman–Crippen LogP) is 25.3. The molecule has 0 aliphatic rings. The molecule has 0 saturated heterocycles. The van der Waals surface area contributed by atoms with Gasteiger partial charge in [-0.3, -0.25) is 0 Å². The molecule has 0 unspecified atom stereocenters. The Morgan fingerprint density at radius 3 is 0.591 bits per heavy atom. The van der Waals surface area contributed by atoms with Gasteiger partial charge in [0.05, 0.1) is 0 Å². The molecule has 88 heavy (non-hydrogen) atoms. The molecule has 0 N–H and O–H groups in total. The number of benzene rings is 19. The minimum absolute atomic E-state index is 1.30. The van der Waals surface area contributed by atoms with Gasteiger partial charge in [-0.05, 0) is 250 Å². The first-order valence-electron chi connectivity index (χ1n) is 31.0. The van der Waals surface area contributed by atoms with Gasteiger partial charge in [-0.15, -0.1) is 0 Å². The molecule has 0 radical (unpaired) electrons. The maximum absolute atomic E-state index is 2.52. The third kappa shape index (κ3) is 5.51. The summed E-state index contributed by atoms with van der Waals surface area (Å²) in [5.74, 6) is 0. The Morgan fingerprint density at radius 2 is 0.273 bits per heavy atom. The van der Waals surface area contributed by atoms with Crippen molar-refractivity contribution in [2.45, 2.75) is 0 Å². The maximum atomic E-state index is 2.52. The third-order valence-corrected chi connectivity index (χ3v) is 21.1. The van der Waals surface area contributed by atoms with Crippen molar-refractivity contribution in [2.75, 3.05) is 0 Å². The van der Waals surface area contributed by atoms with Gasteiger partial charge >= 0.3 is 0 Å². The molecule has 0 nitrogen and oxygen atoms in total. The summed E-state index contributed by atoms with van der Waals surface area (Å²) in [6, 6.07) is 105. The first kappa shape index (κ1) is 45.9. The zero-order valence-corrected chi connectivity index (χ0v) is 47.6. The summed E-state index contributed by atoms with van der Waals surface area (Å²) >= 11 is 0. The molecule has 23 rings (SSSR count). The fraction of sp³-hybridized carbons (Fsp3) is 0. The van der Waals surface area contributed by atoms with Crippen LogP contribution in [0.3, 0.4) is 0 Å². The Hall–Kier alpha value is -11.4. The molecule has 0 aromatic heterocycles. The van der Waals surface area contributed by atoms with E-state index in [9.17, 15) is 0 Å². The highest BCUT2D eigenvalue weighted by atomic mass is 14.3. The lowest BCUT2D eigenvalue weighted by atomic mass is 9.92. The third-order valence-electron chi connectivity index (χ3n) is 21.1. The zero-order chi connectivity index (χ0) is 56.8. The van der Waals surface area contributed by atoms with Gasteiger partial charge in [0.2, 0.25) is 0 Å². The van der Waals surface area contributed by atoms with Crippen LogP contribution in [0.2, 0.25) is 0 Å². The van der Waals surface area contributed by atoms with Crippen LogP contribution in [0.1, 0.15) is 0 Å². The van der Waals surface area contributed by atoms with Crippen LogP contribution in [-0.4, -0.2) is 0 Å². The first-order valence-corrected chi connectivity index (χ1v) is 31.0. The summed E-state index contributed by atoms with van der Waals surface area (Å²) in [6.45, 7) is 0. The fourth-order valence-corrected chi connectivity index (χ4v) is 17.9. The van der Waals surface area contributed by atoms with Gasteiger partial charge in [-0.25, -0.2) is 0 Å². The molecule has 23 aromatic carbocycles. The number of hydrogen-bond acceptors (Lipinski definition) is 0. The highest BCUT2D eigenvalue weighted by molar-refractivity contribution is 6.50. The lowest BCUT2D eigenvalue weighted by Gasteiger charge is -2.11. The fourth-order valence-electron chi connectivity index (χ4n) is 17.9. The molecular weight excluding hydrogens is 1060 g/mol. The monoisotopic (exact) mass is 1100 g/mol. The van der Waals surface area contributed by atoms with Crippen LogP contribution in [0.25, 0.3) is 226 Å². The molecule has 398 valence electrons. The predicted molar refractivity (Wildman–Crippen MR) is 385 cm³/mol. The van der Waals surface area contributed by atoms with Gasteiger partial charge in [-0.2, -0.15) is 0 Å². The SMILES string of the molecule is c1ccc2c(c1)c1ccccc1c1c3cc4c(cc5c6c4cccc6c4c6ccccc6c6ccccc6c54)c4cccc(c43)c21.c1ccc2c(c1)ccc1c3cccc4c5cc6c7c(cccc7c7c8ccccc8c8ccccc8c67)c5cc(c21)c43. The Labute approximate surface area is 502 Å². The largest absolute Gasteiger partial charge is 0.0616 e. The Balaban J connectivity index is 0.000000118. The maximum Gasteiger partial charge on any atom is -0.00134 e. The van der Waals surface area contributed by atoms with Gasteiger partial charge in [0.1, 0.15) is 0 Å². The molecular formula is C88H46. The highest BCUT2D eigenvalue weighted by Crippen LogP contribution is 2.54. The molecule has 0 amide bonds. The molecule has 0 saturated carbocycles. The summed E-state index contributed by atoms with van der Waals surface area (Å²) in [4.78, 5) is 0. The quantitative estimate of drug-likeness (QED) is 0.133. The topological polar surface area (TPSA) is 0 Å². The van der Waals surface area contributed by atoms with Crippen molar-refractivity contribution in [3.8, 4) is 0 Å². The van der Waals surface area contributed by atoms with Crippen molar-refractivity contribution in [2.24, 2.45) is 0 Å². The van der Waals surface area contributed by atoms with Crippen LogP contribution < -0.4 is 0 Å². The molecule has 0 spiro atoms. The average Bonchev–Trinajstić information content (AvgIpc) is 1.62. The molecule has 0 heteroatoms. The molecule has 23 aromatic rings. The van der Waals surface area contributed by atoms with Crippen molar-refractivity contribution in [3.63, 3.8) is 0 Å². The summed E-state index contributed by atoms with van der Waals surface area (Å²) in [5.41, 5.74) is 0. The normalized spacial score (nSPS) is 12.8. The van der Waals surface area contributed by atoms with E-state index >= 15 is 0 Å². The van der Waals surface area contributed by atoms with Crippen molar-refractivity contribution < 1.29 is 0 Å². The first-order chi connectivity index (χ1) is 43.7. The molecule has 0 heterocycles. The highest BCUT2D eigenvalue weighted by Gasteiger charge is 2.26. The van der Waals surface area contributed by atoms with E-state index in [1.54, 1.807) is 0 Å². The smallest absolute Gasteiger partial charge is 0.00134 e. The van der Waals surface area contributed by atoms with Crippen molar-refractivity contribution in [1.29, 1.82) is 0 Å². The van der Waals surface area contributed by atoms with Crippen LogP contribution >= 0.6 is 0 Å². The summed E-state index contributed by atoms with van der Waals surface area (Å²) in [5, 5.41) is 56.8. The van der Waals surface area contributed by atoms with Gasteiger partial charge in [0.25, 0.3) is 0 Å². The Bertz CT molecular complexity index is 6860. The minimum Gasteiger partial charge on any atom is -0.0616 e. The minimum atomic E-state index is 1.30. The summed E-state index contributed by atoms with van der Waals surface area (Å²) in [6.07, 6.45) is 0. The van der Waals surface area contributed by atoms with Crippen LogP contribution in [0.5, 0.6) is 0 Å². The molecule has 0 fully saturated rings. The van der Waals surface area contributed by atoms with Crippen LogP contribution in [0.15, 0.2) is 279 Å². The van der Waals surface area contributed by atoms with E-state index < -0.39 is 0 Å². The van der Waals surface area contributed by atoms with E-state index in [2.05, 4.69) is 279 Å². The standard InChI is InChI=1S/C46H24.C42H22/c1-5-15-29-25(11-1)27-13-3-7-17-31(27)45-39-23-37-34-20-10-22-36-42(34)40(24-38(37)33-19-9-21-35(41(33)39)43(29)45)46-32-18-8-4-14-28(32)26-12-2-6-16-30(26)44(36)46;1-2-10-24-23(9-1)19-20-32-29-15-7-16-30-35-22-37-40-31(34(35)21-36(38(24)32)39(29)30)17-8-18-33(40)41-27-13-5-3-11-25(27)26-12-4-6-14-28(26)42(37)41/h1-24H;1-22H. The summed E-state index contributed by atoms with van der Waals surface area (Å²) < 4.78 is 0. The number of fused-ring (bicyclic) bond motifs is 35.